The molecule has 100 valence electrons. The highest BCUT2D eigenvalue weighted by Gasteiger charge is 2.11. The lowest BCUT2D eigenvalue weighted by Crippen LogP contribution is -2.29. The molecule has 4 aromatic carbocycles. The van der Waals surface area contributed by atoms with Gasteiger partial charge in [0.1, 0.15) is 0 Å². The first-order valence-electron chi connectivity index (χ1n) is 6.94. The predicted octanol–water partition coefficient (Wildman–Crippen LogP) is 2.83. The van der Waals surface area contributed by atoms with Gasteiger partial charge in [0.2, 0.25) is 0 Å². The molecule has 0 aromatic heterocycles. The molecule has 4 rings (SSSR count). The van der Waals surface area contributed by atoms with Crippen molar-refractivity contribution in [2.24, 2.45) is 0 Å². The number of benzene rings is 4. The second-order valence-electron chi connectivity index (χ2n) is 5.34. The van der Waals surface area contributed by atoms with Gasteiger partial charge in [-0.3, -0.25) is 0 Å². The fourth-order valence-corrected chi connectivity index (χ4v) is 2.93. The van der Waals surface area contributed by atoms with Crippen LogP contribution in [-0.2, 0) is 0 Å². The van der Waals surface area contributed by atoms with E-state index in [4.69, 9.17) is 0 Å². The minimum absolute atomic E-state index is 0.516. The molecule has 0 radical (unpaired) electrons. The fourth-order valence-electron chi connectivity index (χ4n) is 2.93. The molecule has 2 N–H and O–H groups in total. The van der Waals surface area contributed by atoms with Crippen LogP contribution in [0.2, 0.25) is 0 Å². The van der Waals surface area contributed by atoms with E-state index in [1.54, 1.807) is 6.07 Å². The number of fused-ring (bicyclic) bond motifs is 4. The Labute approximate surface area is 122 Å². The molecule has 0 bridgehead atoms. The van der Waals surface area contributed by atoms with Crippen molar-refractivity contribution < 1.29 is 10.0 Å². The molecule has 0 aliphatic rings. The van der Waals surface area contributed by atoms with Crippen molar-refractivity contribution in [3.8, 4) is 0 Å². The second-order valence-corrected chi connectivity index (χ2v) is 5.34. The van der Waals surface area contributed by atoms with E-state index < -0.39 is 7.12 Å². The molecule has 0 saturated heterocycles. The van der Waals surface area contributed by atoms with E-state index in [0.717, 1.165) is 16.2 Å². The lowest BCUT2D eigenvalue weighted by atomic mass is 9.79. The molecule has 0 amide bonds. The van der Waals surface area contributed by atoms with E-state index in [9.17, 15) is 10.0 Å². The Kier molecular flexibility index (Phi) is 2.71. The zero-order valence-corrected chi connectivity index (χ0v) is 11.3. The van der Waals surface area contributed by atoms with Crippen molar-refractivity contribution in [3.63, 3.8) is 0 Å². The third kappa shape index (κ3) is 1.98. The van der Waals surface area contributed by atoms with E-state index in [1.165, 1.54) is 16.2 Å². The first-order valence-corrected chi connectivity index (χ1v) is 6.94. The van der Waals surface area contributed by atoms with Crippen LogP contribution < -0.4 is 5.46 Å². The zero-order chi connectivity index (χ0) is 14.4. The molecule has 0 atom stereocenters. The van der Waals surface area contributed by atoms with Crippen molar-refractivity contribution >= 4 is 44.9 Å². The lowest BCUT2D eigenvalue weighted by Gasteiger charge is -2.08. The van der Waals surface area contributed by atoms with Gasteiger partial charge in [-0.15, -0.1) is 0 Å². The van der Waals surface area contributed by atoms with Gasteiger partial charge in [-0.25, -0.2) is 0 Å². The highest BCUT2D eigenvalue weighted by molar-refractivity contribution is 6.58. The summed E-state index contributed by atoms with van der Waals surface area (Å²) in [7, 11) is -1.43. The van der Waals surface area contributed by atoms with E-state index in [1.807, 2.05) is 18.2 Å². The molecule has 0 saturated carbocycles. The van der Waals surface area contributed by atoms with Gasteiger partial charge in [-0.1, -0.05) is 54.6 Å². The molecule has 3 heteroatoms. The number of hydrogen-bond acceptors (Lipinski definition) is 2. The van der Waals surface area contributed by atoms with Crippen LogP contribution in [0.15, 0.2) is 66.7 Å². The quantitative estimate of drug-likeness (QED) is 0.318. The summed E-state index contributed by atoms with van der Waals surface area (Å²) in [5, 5.41) is 25.5. The summed E-state index contributed by atoms with van der Waals surface area (Å²) in [5.74, 6) is 0. The Morgan fingerprint density at radius 2 is 1.33 bits per heavy atom. The summed E-state index contributed by atoms with van der Waals surface area (Å²) in [6, 6.07) is 22.4. The highest BCUT2D eigenvalue weighted by Crippen LogP contribution is 2.29. The molecule has 0 aliphatic carbocycles. The summed E-state index contributed by atoms with van der Waals surface area (Å²) in [5.41, 5.74) is 0.516. The Balaban J connectivity index is 2.10. The van der Waals surface area contributed by atoms with Gasteiger partial charge in [-0.05, 0) is 49.9 Å². The maximum atomic E-state index is 9.29. The standard InChI is InChI=1S/C18H13BO2/c20-19(21)16-8-7-13-11-18-14(9-15(13)10-16)6-5-12-3-1-2-4-17(12)18/h1-11,20-21H. The third-order valence-corrected chi connectivity index (χ3v) is 4.02. The van der Waals surface area contributed by atoms with Gasteiger partial charge in [0.05, 0.1) is 0 Å². The molecule has 0 heterocycles. The van der Waals surface area contributed by atoms with Crippen molar-refractivity contribution in [3.05, 3.63) is 66.7 Å². The van der Waals surface area contributed by atoms with Gasteiger partial charge in [0, 0.05) is 0 Å². The predicted molar refractivity (Wildman–Crippen MR) is 88.8 cm³/mol. The van der Waals surface area contributed by atoms with Crippen molar-refractivity contribution in [1.82, 2.24) is 0 Å². The van der Waals surface area contributed by atoms with Crippen LogP contribution in [0.1, 0.15) is 0 Å². The van der Waals surface area contributed by atoms with Crippen LogP contribution >= 0.6 is 0 Å². The Morgan fingerprint density at radius 3 is 2.19 bits per heavy atom. The molecule has 0 spiro atoms. The molecular formula is C18H13BO2. The van der Waals surface area contributed by atoms with Gasteiger partial charge in [0.25, 0.3) is 0 Å². The molecule has 0 unspecified atom stereocenters. The minimum Gasteiger partial charge on any atom is -0.423 e. The first-order chi connectivity index (χ1) is 10.2. The summed E-state index contributed by atoms with van der Waals surface area (Å²) in [6.45, 7) is 0. The van der Waals surface area contributed by atoms with Crippen LogP contribution in [0.3, 0.4) is 0 Å². The zero-order valence-electron chi connectivity index (χ0n) is 11.3. The van der Waals surface area contributed by atoms with Crippen LogP contribution in [0.4, 0.5) is 0 Å². The van der Waals surface area contributed by atoms with E-state index in [-0.39, 0.29) is 0 Å². The molecule has 21 heavy (non-hydrogen) atoms. The van der Waals surface area contributed by atoms with Gasteiger partial charge >= 0.3 is 7.12 Å². The van der Waals surface area contributed by atoms with Gasteiger partial charge in [0.15, 0.2) is 0 Å². The Bertz CT molecular complexity index is 976. The second kappa shape index (κ2) is 4.59. The normalized spacial score (nSPS) is 11.3. The monoisotopic (exact) mass is 272 g/mol. The largest absolute Gasteiger partial charge is 0.488 e. The van der Waals surface area contributed by atoms with E-state index in [2.05, 4.69) is 42.5 Å². The minimum atomic E-state index is -1.43. The summed E-state index contributed by atoms with van der Waals surface area (Å²) < 4.78 is 0. The van der Waals surface area contributed by atoms with Crippen molar-refractivity contribution in [1.29, 1.82) is 0 Å². The SMILES string of the molecule is OB(O)c1ccc2cc3c(ccc4ccccc43)cc2c1. The van der Waals surface area contributed by atoms with Crippen LogP contribution in [0, 0.1) is 0 Å². The van der Waals surface area contributed by atoms with Gasteiger partial charge < -0.3 is 10.0 Å². The topological polar surface area (TPSA) is 40.5 Å². The van der Waals surface area contributed by atoms with Crippen LogP contribution in [0.5, 0.6) is 0 Å². The molecule has 0 aliphatic heterocycles. The first kappa shape index (κ1) is 12.4. The van der Waals surface area contributed by atoms with Crippen LogP contribution in [0.25, 0.3) is 32.3 Å². The fraction of sp³-hybridized carbons (Fsp3) is 0. The third-order valence-electron chi connectivity index (χ3n) is 4.02. The molecule has 2 nitrogen and oxygen atoms in total. The lowest BCUT2D eigenvalue weighted by molar-refractivity contribution is 0.426. The maximum absolute atomic E-state index is 9.29. The maximum Gasteiger partial charge on any atom is 0.488 e. The van der Waals surface area contributed by atoms with Crippen molar-refractivity contribution in [2.45, 2.75) is 0 Å². The van der Waals surface area contributed by atoms with E-state index >= 15 is 0 Å². The Hall–Kier alpha value is -2.36. The molecule has 0 fully saturated rings. The summed E-state index contributed by atoms with van der Waals surface area (Å²) in [4.78, 5) is 0. The molecular weight excluding hydrogens is 259 g/mol. The highest BCUT2D eigenvalue weighted by atomic mass is 16.4. The smallest absolute Gasteiger partial charge is 0.423 e. The number of rotatable bonds is 1. The average molecular weight is 272 g/mol. The summed E-state index contributed by atoms with van der Waals surface area (Å²) in [6.07, 6.45) is 0. The number of hydrogen-bond donors (Lipinski definition) is 2. The summed E-state index contributed by atoms with van der Waals surface area (Å²) >= 11 is 0. The average Bonchev–Trinajstić information content (AvgIpc) is 2.52. The molecule has 4 aromatic rings. The van der Waals surface area contributed by atoms with E-state index in [0.29, 0.717) is 5.46 Å². The van der Waals surface area contributed by atoms with Crippen LogP contribution in [-0.4, -0.2) is 17.2 Å². The van der Waals surface area contributed by atoms with Gasteiger partial charge in [-0.2, -0.15) is 0 Å². The van der Waals surface area contributed by atoms with Crippen molar-refractivity contribution in [2.75, 3.05) is 0 Å². The Morgan fingerprint density at radius 1 is 0.571 bits per heavy atom.